The number of benzene rings is 2. The van der Waals surface area contributed by atoms with Gasteiger partial charge in [0, 0.05) is 18.2 Å². The summed E-state index contributed by atoms with van der Waals surface area (Å²) in [6.45, 7) is 2.91. The Morgan fingerprint density at radius 3 is 2.77 bits per heavy atom. The second-order valence-electron chi connectivity index (χ2n) is 7.40. The molecule has 2 aromatic rings. The van der Waals surface area contributed by atoms with Gasteiger partial charge in [0.1, 0.15) is 6.26 Å². The quantitative estimate of drug-likeness (QED) is 0.652. The molecule has 0 atom stereocenters. The number of fused-ring (bicyclic) bond motifs is 1. The molecule has 0 aromatic heterocycles. The van der Waals surface area contributed by atoms with E-state index in [-0.39, 0.29) is 5.91 Å². The number of hydrogen-bond acceptors (Lipinski definition) is 4. The van der Waals surface area contributed by atoms with Crippen molar-refractivity contribution in [1.82, 2.24) is 5.32 Å². The molecule has 0 saturated heterocycles. The fraction of sp³-hybridized carbons (Fsp3) is 0.240. The number of allylic oxidation sites excluding steroid dienone is 4. The van der Waals surface area contributed by atoms with Gasteiger partial charge in [0.25, 0.3) is 0 Å². The maximum absolute atomic E-state index is 11.1. The molecule has 0 bridgehead atoms. The number of rotatable bonds is 7. The summed E-state index contributed by atoms with van der Waals surface area (Å²) in [6, 6.07) is 13.9. The van der Waals surface area contributed by atoms with E-state index in [2.05, 4.69) is 34.9 Å². The molecule has 0 radical (unpaired) electrons. The van der Waals surface area contributed by atoms with E-state index in [1.165, 1.54) is 18.1 Å². The first-order valence-corrected chi connectivity index (χ1v) is 10.3. The molecule has 0 fully saturated rings. The molecular formula is C25H26N2O3. The summed E-state index contributed by atoms with van der Waals surface area (Å²) in [7, 11) is 0. The Labute approximate surface area is 177 Å². The lowest BCUT2D eigenvalue weighted by Crippen LogP contribution is -2.24. The molecule has 4 rings (SSSR count). The number of nitrogens with one attached hydrogen (secondary N) is 2. The van der Waals surface area contributed by atoms with E-state index in [9.17, 15) is 4.79 Å². The minimum atomic E-state index is -0.0617. The van der Waals surface area contributed by atoms with Gasteiger partial charge in [-0.1, -0.05) is 42.5 Å². The molecule has 154 valence electrons. The second kappa shape index (κ2) is 9.46. The number of carbonyl (C=O) groups excluding carboxylic acids is 1. The van der Waals surface area contributed by atoms with Crippen molar-refractivity contribution in [3.63, 3.8) is 0 Å². The Balaban J connectivity index is 1.30. The molecule has 0 spiro atoms. The van der Waals surface area contributed by atoms with Crippen LogP contribution in [0.25, 0.3) is 5.57 Å². The molecule has 2 N–H and O–H groups in total. The van der Waals surface area contributed by atoms with Crippen LogP contribution in [0.15, 0.2) is 72.7 Å². The topological polar surface area (TPSA) is 59.6 Å². The second-order valence-corrected chi connectivity index (χ2v) is 7.40. The summed E-state index contributed by atoms with van der Waals surface area (Å²) in [5.41, 5.74) is 4.39. The number of hydrogen-bond donors (Lipinski definition) is 2. The number of anilines is 1. The highest BCUT2D eigenvalue weighted by molar-refractivity contribution is 5.88. The van der Waals surface area contributed by atoms with Crippen LogP contribution in [0.3, 0.4) is 0 Å². The fourth-order valence-electron chi connectivity index (χ4n) is 3.56. The Morgan fingerprint density at radius 1 is 1.13 bits per heavy atom. The molecule has 1 aliphatic carbocycles. The first-order chi connectivity index (χ1) is 14.7. The normalized spacial score (nSPS) is 14.7. The summed E-state index contributed by atoms with van der Waals surface area (Å²) in [5.74, 6) is 2.26. The standard InChI is InChI=1S/C25H26N2O3/c1-18(28)27-21-12-10-19(11-13-21)14-15-26-16-22-17-29-24-9-5-8-23(25(24)30-22)20-6-3-2-4-7-20/h2-3,5-6,8-13,17,26H,4,7,14-16H2,1H3,(H,27,28). The van der Waals surface area contributed by atoms with Crippen LogP contribution in [0.5, 0.6) is 11.5 Å². The zero-order valence-corrected chi connectivity index (χ0v) is 17.1. The van der Waals surface area contributed by atoms with Crippen molar-refractivity contribution in [2.24, 2.45) is 0 Å². The molecule has 30 heavy (non-hydrogen) atoms. The summed E-state index contributed by atoms with van der Waals surface area (Å²) >= 11 is 0. The number of amides is 1. The van der Waals surface area contributed by atoms with Crippen molar-refractivity contribution in [2.45, 2.75) is 26.2 Å². The van der Waals surface area contributed by atoms with Crippen LogP contribution in [0, 0.1) is 0 Å². The first-order valence-electron chi connectivity index (χ1n) is 10.3. The van der Waals surface area contributed by atoms with Crippen LogP contribution in [0.2, 0.25) is 0 Å². The molecule has 2 aliphatic rings. The van der Waals surface area contributed by atoms with E-state index < -0.39 is 0 Å². The molecule has 1 heterocycles. The lowest BCUT2D eigenvalue weighted by molar-refractivity contribution is -0.114. The molecular weight excluding hydrogens is 376 g/mol. The van der Waals surface area contributed by atoms with Crippen molar-refractivity contribution in [1.29, 1.82) is 0 Å². The van der Waals surface area contributed by atoms with E-state index >= 15 is 0 Å². The summed E-state index contributed by atoms with van der Waals surface area (Å²) < 4.78 is 12.0. The monoisotopic (exact) mass is 402 g/mol. The summed E-state index contributed by atoms with van der Waals surface area (Å²) in [6.07, 6.45) is 11.0. The number of carbonyl (C=O) groups is 1. The van der Waals surface area contributed by atoms with Crippen molar-refractivity contribution in [2.75, 3.05) is 18.4 Å². The van der Waals surface area contributed by atoms with Crippen molar-refractivity contribution in [3.8, 4) is 11.5 Å². The van der Waals surface area contributed by atoms with Crippen LogP contribution in [0.4, 0.5) is 5.69 Å². The first kappa shape index (κ1) is 20.0. The number of ether oxygens (including phenoxy) is 2. The van der Waals surface area contributed by atoms with Gasteiger partial charge in [0.05, 0.1) is 6.54 Å². The van der Waals surface area contributed by atoms with Crippen LogP contribution in [-0.2, 0) is 11.2 Å². The smallest absolute Gasteiger partial charge is 0.221 e. The molecule has 0 saturated carbocycles. The average molecular weight is 402 g/mol. The van der Waals surface area contributed by atoms with Crippen LogP contribution in [-0.4, -0.2) is 19.0 Å². The van der Waals surface area contributed by atoms with Gasteiger partial charge in [-0.05, 0) is 55.1 Å². The molecule has 2 aromatic carbocycles. The van der Waals surface area contributed by atoms with Gasteiger partial charge < -0.3 is 20.1 Å². The lowest BCUT2D eigenvalue weighted by atomic mass is 9.96. The van der Waals surface area contributed by atoms with Crippen LogP contribution >= 0.6 is 0 Å². The molecule has 1 aliphatic heterocycles. The zero-order valence-electron chi connectivity index (χ0n) is 17.1. The van der Waals surface area contributed by atoms with Gasteiger partial charge in [-0.3, -0.25) is 4.79 Å². The number of para-hydroxylation sites is 1. The van der Waals surface area contributed by atoms with E-state index in [4.69, 9.17) is 9.47 Å². The predicted octanol–water partition coefficient (Wildman–Crippen LogP) is 4.82. The minimum Gasteiger partial charge on any atom is -0.457 e. The SMILES string of the molecule is CC(=O)Nc1ccc(CCNCC2=COc3cccc(C4=CC=CCC4)c3O2)cc1. The van der Waals surface area contributed by atoms with Gasteiger partial charge in [-0.2, -0.15) is 0 Å². The lowest BCUT2D eigenvalue weighted by Gasteiger charge is -2.22. The Hall–Kier alpha value is -3.31. The van der Waals surface area contributed by atoms with Crippen LogP contribution in [0.1, 0.15) is 30.9 Å². The van der Waals surface area contributed by atoms with Gasteiger partial charge in [-0.25, -0.2) is 0 Å². The highest BCUT2D eigenvalue weighted by Crippen LogP contribution is 2.40. The molecule has 1 amide bonds. The van der Waals surface area contributed by atoms with E-state index in [1.807, 2.05) is 36.4 Å². The zero-order chi connectivity index (χ0) is 20.8. The van der Waals surface area contributed by atoms with Crippen molar-refractivity contribution < 1.29 is 14.3 Å². The molecule has 0 unspecified atom stereocenters. The molecule has 5 heteroatoms. The van der Waals surface area contributed by atoms with Crippen molar-refractivity contribution >= 4 is 17.2 Å². The van der Waals surface area contributed by atoms with Gasteiger partial charge in [-0.15, -0.1) is 0 Å². The highest BCUT2D eigenvalue weighted by atomic mass is 16.6. The van der Waals surface area contributed by atoms with Gasteiger partial charge in [0.15, 0.2) is 17.3 Å². The summed E-state index contributed by atoms with van der Waals surface area (Å²) in [4.78, 5) is 11.1. The Kier molecular flexibility index (Phi) is 6.30. The van der Waals surface area contributed by atoms with Gasteiger partial charge in [0.2, 0.25) is 5.91 Å². The highest BCUT2D eigenvalue weighted by Gasteiger charge is 2.20. The summed E-state index contributed by atoms with van der Waals surface area (Å²) in [5, 5.41) is 6.19. The Morgan fingerprint density at radius 2 is 2.00 bits per heavy atom. The molecule has 5 nitrogen and oxygen atoms in total. The van der Waals surface area contributed by atoms with E-state index in [0.717, 1.165) is 54.3 Å². The third kappa shape index (κ3) is 4.99. The van der Waals surface area contributed by atoms with Crippen molar-refractivity contribution in [3.05, 3.63) is 83.8 Å². The fourth-order valence-corrected chi connectivity index (χ4v) is 3.56. The Bertz CT molecular complexity index is 1000. The maximum atomic E-state index is 11.1. The maximum Gasteiger partial charge on any atom is 0.221 e. The minimum absolute atomic E-state index is 0.0617. The predicted molar refractivity (Wildman–Crippen MR) is 119 cm³/mol. The third-order valence-electron chi connectivity index (χ3n) is 5.05. The van der Waals surface area contributed by atoms with Gasteiger partial charge >= 0.3 is 0 Å². The third-order valence-corrected chi connectivity index (χ3v) is 5.05. The van der Waals surface area contributed by atoms with E-state index in [0.29, 0.717) is 6.54 Å². The van der Waals surface area contributed by atoms with Crippen LogP contribution < -0.4 is 20.1 Å². The largest absolute Gasteiger partial charge is 0.457 e. The average Bonchev–Trinajstić information content (AvgIpc) is 2.77. The van der Waals surface area contributed by atoms with E-state index in [1.54, 1.807) is 6.26 Å².